The summed E-state index contributed by atoms with van der Waals surface area (Å²) in [6, 6.07) is 1.26. The highest BCUT2D eigenvalue weighted by Crippen LogP contribution is 2.37. The van der Waals surface area contributed by atoms with E-state index in [2.05, 4.69) is 15.6 Å². The highest BCUT2D eigenvalue weighted by molar-refractivity contribution is 6.30. The normalized spacial score (nSPS) is 26.6. The van der Waals surface area contributed by atoms with Crippen molar-refractivity contribution < 1.29 is 9.59 Å². The van der Waals surface area contributed by atoms with E-state index in [9.17, 15) is 9.59 Å². The molecule has 2 N–H and O–H groups in total. The third-order valence-corrected chi connectivity index (χ3v) is 3.51. The Balaban J connectivity index is 2.19. The second-order valence-corrected chi connectivity index (χ2v) is 4.75. The molecule has 3 amide bonds. The number of carbonyl (C=O) groups excluding carboxylic acids is 2. The Labute approximate surface area is 103 Å². The third-order valence-electron chi connectivity index (χ3n) is 3.30. The number of nitrogens with one attached hydrogen (secondary N) is 2. The first-order valence-corrected chi connectivity index (χ1v) is 5.78. The van der Waals surface area contributed by atoms with E-state index in [1.165, 1.54) is 0 Å². The van der Waals surface area contributed by atoms with Crippen LogP contribution in [-0.4, -0.2) is 16.9 Å². The standard InChI is InChI=1S/C11H10ClN3O2/c12-6-4-7-8(13-5-6)2-1-3-11(7)9(16)14-10(17)15-11/h4-5H,1-3H2,(H2,14,15,16,17). The van der Waals surface area contributed by atoms with E-state index in [0.717, 1.165) is 24.1 Å². The van der Waals surface area contributed by atoms with Crippen LogP contribution >= 0.6 is 11.6 Å². The minimum atomic E-state index is -0.970. The van der Waals surface area contributed by atoms with Gasteiger partial charge in [-0.05, 0) is 25.3 Å². The largest absolute Gasteiger partial charge is 0.322 e. The summed E-state index contributed by atoms with van der Waals surface area (Å²) in [6.07, 6.45) is 3.76. The van der Waals surface area contributed by atoms with Gasteiger partial charge < -0.3 is 5.32 Å². The van der Waals surface area contributed by atoms with Gasteiger partial charge in [-0.25, -0.2) is 4.79 Å². The zero-order valence-corrected chi connectivity index (χ0v) is 9.67. The van der Waals surface area contributed by atoms with Crippen molar-refractivity contribution >= 4 is 23.5 Å². The fraction of sp³-hybridized carbons (Fsp3) is 0.364. The number of carbonyl (C=O) groups is 2. The molecule has 0 saturated carbocycles. The lowest BCUT2D eigenvalue weighted by molar-refractivity contribution is -0.124. The number of hydrogen-bond donors (Lipinski definition) is 2. The highest BCUT2D eigenvalue weighted by Gasteiger charge is 2.50. The van der Waals surface area contributed by atoms with E-state index in [-0.39, 0.29) is 5.91 Å². The fourth-order valence-corrected chi connectivity index (χ4v) is 2.71. The van der Waals surface area contributed by atoms with E-state index in [1.807, 2.05) is 0 Å². The van der Waals surface area contributed by atoms with E-state index >= 15 is 0 Å². The summed E-state index contributed by atoms with van der Waals surface area (Å²) in [5.74, 6) is -0.312. The van der Waals surface area contributed by atoms with E-state index in [4.69, 9.17) is 11.6 Å². The average Bonchev–Trinajstić information content (AvgIpc) is 2.56. The summed E-state index contributed by atoms with van der Waals surface area (Å²) in [6.45, 7) is 0. The number of halogens is 1. The first-order chi connectivity index (χ1) is 8.12. The zero-order chi connectivity index (χ0) is 12.0. The van der Waals surface area contributed by atoms with Crippen LogP contribution in [0.4, 0.5) is 4.79 Å². The van der Waals surface area contributed by atoms with Crippen LogP contribution in [0.15, 0.2) is 12.3 Å². The molecule has 1 aromatic heterocycles. The average molecular weight is 252 g/mol. The van der Waals surface area contributed by atoms with Crippen LogP contribution in [0.2, 0.25) is 5.02 Å². The van der Waals surface area contributed by atoms with Crippen molar-refractivity contribution in [3.05, 3.63) is 28.5 Å². The number of hydrogen-bond acceptors (Lipinski definition) is 3. The van der Waals surface area contributed by atoms with Crippen molar-refractivity contribution in [2.75, 3.05) is 0 Å². The number of fused-ring (bicyclic) bond motifs is 2. The van der Waals surface area contributed by atoms with Crippen LogP contribution in [0.3, 0.4) is 0 Å². The molecule has 3 rings (SSSR count). The van der Waals surface area contributed by atoms with Gasteiger partial charge in [-0.15, -0.1) is 0 Å². The monoisotopic (exact) mass is 251 g/mol. The number of pyridine rings is 1. The lowest BCUT2D eigenvalue weighted by Gasteiger charge is -2.32. The Morgan fingerprint density at radius 2 is 2.24 bits per heavy atom. The highest BCUT2D eigenvalue weighted by atomic mass is 35.5. The molecule has 1 atom stereocenters. The first kappa shape index (κ1) is 10.5. The number of imide groups is 1. The number of rotatable bonds is 0. The summed E-state index contributed by atoms with van der Waals surface area (Å²) < 4.78 is 0. The van der Waals surface area contributed by atoms with Crippen molar-refractivity contribution in [2.45, 2.75) is 24.8 Å². The molecule has 2 aliphatic rings. The van der Waals surface area contributed by atoms with Crippen LogP contribution < -0.4 is 10.6 Å². The SMILES string of the molecule is O=C1NC(=O)C2(CCCc3ncc(Cl)cc32)N1. The summed E-state index contributed by atoms with van der Waals surface area (Å²) in [5.41, 5.74) is 0.584. The third kappa shape index (κ3) is 1.42. The van der Waals surface area contributed by atoms with Gasteiger partial charge in [0.05, 0.1) is 5.02 Å². The molecular formula is C11H10ClN3O2. The van der Waals surface area contributed by atoms with Crippen LogP contribution in [0, 0.1) is 0 Å². The molecule has 0 radical (unpaired) electrons. The number of aromatic nitrogens is 1. The second kappa shape index (κ2) is 3.43. The van der Waals surface area contributed by atoms with Gasteiger partial charge in [-0.3, -0.25) is 15.1 Å². The molecule has 1 fully saturated rings. The van der Waals surface area contributed by atoms with Gasteiger partial charge in [0.1, 0.15) is 5.54 Å². The Kier molecular flexibility index (Phi) is 2.13. The molecule has 1 aromatic rings. The van der Waals surface area contributed by atoms with E-state index in [1.54, 1.807) is 12.3 Å². The van der Waals surface area contributed by atoms with Gasteiger partial charge in [-0.1, -0.05) is 11.6 Å². The number of nitrogens with zero attached hydrogens (tertiary/aromatic N) is 1. The summed E-state index contributed by atoms with van der Waals surface area (Å²) >= 11 is 5.92. The van der Waals surface area contributed by atoms with E-state index in [0.29, 0.717) is 11.4 Å². The Morgan fingerprint density at radius 3 is 2.94 bits per heavy atom. The van der Waals surface area contributed by atoms with E-state index < -0.39 is 11.6 Å². The Bertz CT molecular complexity index is 531. The van der Waals surface area contributed by atoms with Crippen molar-refractivity contribution in [1.82, 2.24) is 15.6 Å². The molecule has 6 heteroatoms. The topological polar surface area (TPSA) is 71.1 Å². The van der Waals surface area contributed by atoms with Crippen LogP contribution in [0.5, 0.6) is 0 Å². The molecule has 2 heterocycles. The predicted molar refractivity (Wildman–Crippen MR) is 60.5 cm³/mol. The maximum atomic E-state index is 12.0. The van der Waals surface area contributed by atoms with Gasteiger partial charge in [-0.2, -0.15) is 0 Å². The van der Waals surface area contributed by atoms with Crippen molar-refractivity contribution in [1.29, 1.82) is 0 Å². The molecule has 88 valence electrons. The molecule has 0 aromatic carbocycles. The van der Waals surface area contributed by atoms with Crippen LogP contribution in [0.1, 0.15) is 24.1 Å². The molecule has 5 nitrogen and oxygen atoms in total. The van der Waals surface area contributed by atoms with Crippen molar-refractivity contribution in [3.8, 4) is 0 Å². The second-order valence-electron chi connectivity index (χ2n) is 4.31. The molecule has 1 saturated heterocycles. The minimum absolute atomic E-state index is 0.312. The molecule has 1 aliphatic heterocycles. The molecular weight excluding hydrogens is 242 g/mol. The minimum Gasteiger partial charge on any atom is -0.319 e. The van der Waals surface area contributed by atoms with Crippen molar-refractivity contribution in [2.24, 2.45) is 0 Å². The zero-order valence-electron chi connectivity index (χ0n) is 8.92. The van der Waals surface area contributed by atoms with Gasteiger partial charge in [0.25, 0.3) is 5.91 Å². The molecule has 1 aliphatic carbocycles. The lowest BCUT2D eigenvalue weighted by Crippen LogP contribution is -2.46. The molecule has 1 unspecified atom stereocenters. The van der Waals surface area contributed by atoms with Gasteiger partial charge in [0.2, 0.25) is 0 Å². The number of aryl methyl sites for hydroxylation is 1. The summed E-state index contributed by atoms with van der Waals surface area (Å²) in [5, 5.41) is 5.45. The van der Waals surface area contributed by atoms with Gasteiger partial charge >= 0.3 is 6.03 Å². The van der Waals surface area contributed by atoms with Crippen molar-refractivity contribution in [3.63, 3.8) is 0 Å². The number of amides is 3. The summed E-state index contributed by atoms with van der Waals surface area (Å²) in [4.78, 5) is 27.5. The molecule has 0 bridgehead atoms. The summed E-state index contributed by atoms with van der Waals surface area (Å²) in [7, 11) is 0. The first-order valence-electron chi connectivity index (χ1n) is 5.40. The fourth-order valence-electron chi connectivity index (χ4n) is 2.55. The molecule has 1 spiro atoms. The Hall–Kier alpha value is -1.62. The Morgan fingerprint density at radius 1 is 1.41 bits per heavy atom. The number of urea groups is 1. The van der Waals surface area contributed by atoms with Gasteiger partial charge in [0, 0.05) is 17.5 Å². The van der Waals surface area contributed by atoms with Crippen LogP contribution in [0.25, 0.3) is 0 Å². The smallest absolute Gasteiger partial charge is 0.319 e. The maximum Gasteiger partial charge on any atom is 0.322 e. The lowest BCUT2D eigenvalue weighted by atomic mass is 9.78. The predicted octanol–water partition coefficient (Wildman–Crippen LogP) is 1.11. The quantitative estimate of drug-likeness (QED) is 0.679. The molecule has 17 heavy (non-hydrogen) atoms. The van der Waals surface area contributed by atoms with Gasteiger partial charge in [0.15, 0.2) is 0 Å². The maximum absolute atomic E-state index is 12.0. The van der Waals surface area contributed by atoms with Crippen LogP contribution in [-0.2, 0) is 16.8 Å².